The number of carbonyl (C=O) groups is 1. The van der Waals surface area contributed by atoms with Crippen LogP contribution in [0.25, 0.3) is 0 Å². The molecule has 15 heavy (non-hydrogen) atoms. The summed E-state index contributed by atoms with van der Waals surface area (Å²) in [6.45, 7) is 14.0. The largest absolute Gasteiger partial charge is 0.292 e. The average Bonchev–Trinajstić information content (AvgIpc) is 1.97. The van der Waals surface area contributed by atoms with E-state index in [-0.39, 0.29) is 10.8 Å². The van der Waals surface area contributed by atoms with Gasteiger partial charge in [0.15, 0.2) is 0 Å². The van der Waals surface area contributed by atoms with Crippen LogP contribution in [0.4, 0.5) is 0 Å². The first-order valence-electron chi connectivity index (χ1n) is 5.32. The van der Waals surface area contributed by atoms with Crippen molar-refractivity contribution in [2.75, 3.05) is 0 Å². The maximum Gasteiger partial charge on any atom is 0.292 e. The Morgan fingerprint density at radius 3 is 1.60 bits per heavy atom. The minimum absolute atomic E-state index is 0.00236. The number of amides is 1. The highest BCUT2D eigenvalue weighted by Crippen LogP contribution is 2.47. The lowest BCUT2D eigenvalue weighted by atomic mass is 9.61. The third-order valence-electron chi connectivity index (χ3n) is 3.09. The summed E-state index contributed by atoms with van der Waals surface area (Å²) >= 11 is 0. The van der Waals surface area contributed by atoms with Crippen molar-refractivity contribution in [1.29, 1.82) is 0 Å². The quantitative estimate of drug-likeness (QED) is 0.655. The third-order valence-corrected chi connectivity index (χ3v) is 3.09. The fourth-order valence-electron chi connectivity index (χ4n) is 1.82. The van der Waals surface area contributed by atoms with E-state index in [9.17, 15) is 9.70 Å². The summed E-state index contributed by atoms with van der Waals surface area (Å²) in [5.41, 5.74) is -0.944. The second kappa shape index (κ2) is 4.03. The van der Waals surface area contributed by atoms with E-state index >= 15 is 0 Å². The lowest BCUT2D eigenvalue weighted by Gasteiger charge is -2.42. The Morgan fingerprint density at radius 1 is 1.00 bits per heavy atom. The second-order valence-electron chi connectivity index (χ2n) is 6.72. The molecule has 0 radical (unpaired) electrons. The number of nitroso groups, excluding NO2 is 1. The Kier molecular flexibility index (Phi) is 3.83. The number of hydrogen-bond donors (Lipinski definition) is 0. The van der Waals surface area contributed by atoms with E-state index in [2.05, 4.69) is 25.9 Å². The monoisotopic (exact) mass is 213 g/mol. The molecule has 0 saturated heterocycles. The van der Waals surface area contributed by atoms with Crippen molar-refractivity contribution in [3.05, 3.63) is 4.91 Å². The van der Waals surface area contributed by atoms with E-state index in [0.717, 1.165) is 0 Å². The van der Waals surface area contributed by atoms with Gasteiger partial charge in [-0.3, -0.25) is 4.79 Å². The van der Waals surface area contributed by atoms with Crippen LogP contribution in [-0.2, 0) is 4.79 Å². The molecule has 0 aliphatic rings. The van der Waals surface area contributed by atoms with Crippen molar-refractivity contribution < 1.29 is 4.79 Å². The molecule has 0 rings (SSSR count). The smallest absolute Gasteiger partial charge is 0.268 e. The van der Waals surface area contributed by atoms with Gasteiger partial charge in [-0.25, -0.2) is 0 Å². The molecule has 0 heterocycles. The second-order valence-corrected chi connectivity index (χ2v) is 6.72. The SMILES string of the molecule is CC(C)(C)CC(C)(C(=O)N=O)C(C)(C)C. The van der Waals surface area contributed by atoms with Crippen molar-refractivity contribution in [3.8, 4) is 0 Å². The van der Waals surface area contributed by atoms with Gasteiger partial charge in [0.1, 0.15) is 0 Å². The van der Waals surface area contributed by atoms with Crippen LogP contribution in [-0.4, -0.2) is 5.91 Å². The average molecular weight is 213 g/mol. The molecule has 0 bridgehead atoms. The molecule has 3 nitrogen and oxygen atoms in total. The van der Waals surface area contributed by atoms with Crippen molar-refractivity contribution in [3.63, 3.8) is 0 Å². The molecule has 0 N–H and O–H groups in total. The van der Waals surface area contributed by atoms with E-state index < -0.39 is 11.3 Å². The first-order valence-corrected chi connectivity index (χ1v) is 5.32. The highest BCUT2D eigenvalue weighted by atomic mass is 16.3. The summed E-state index contributed by atoms with van der Waals surface area (Å²) in [7, 11) is 0. The molecule has 0 aromatic rings. The highest BCUT2D eigenvalue weighted by Gasteiger charge is 2.47. The van der Waals surface area contributed by atoms with Gasteiger partial charge in [0.25, 0.3) is 5.91 Å². The van der Waals surface area contributed by atoms with Crippen LogP contribution in [0.3, 0.4) is 0 Å². The third kappa shape index (κ3) is 3.40. The summed E-state index contributed by atoms with van der Waals surface area (Å²) in [4.78, 5) is 22.2. The number of rotatable bonds is 2. The molecular weight excluding hydrogens is 190 g/mol. The number of hydrogen-bond acceptors (Lipinski definition) is 2. The van der Waals surface area contributed by atoms with E-state index in [0.29, 0.717) is 6.42 Å². The lowest BCUT2D eigenvalue weighted by molar-refractivity contribution is -0.135. The van der Waals surface area contributed by atoms with Crippen molar-refractivity contribution in [2.45, 2.75) is 54.9 Å². The Hall–Kier alpha value is -0.730. The van der Waals surface area contributed by atoms with Gasteiger partial charge in [0, 0.05) is 5.18 Å². The molecule has 0 fully saturated rings. The Balaban J connectivity index is 5.23. The van der Waals surface area contributed by atoms with Crippen LogP contribution < -0.4 is 0 Å². The summed E-state index contributed by atoms with van der Waals surface area (Å²) in [5, 5.41) is 2.62. The summed E-state index contributed by atoms with van der Waals surface area (Å²) in [6, 6.07) is 0. The molecule has 3 heteroatoms. The number of nitrogens with zero attached hydrogens (tertiary/aromatic N) is 1. The molecular formula is C12H23NO2. The minimum atomic E-state index is -0.687. The fourth-order valence-corrected chi connectivity index (χ4v) is 1.82. The van der Waals surface area contributed by atoms with Crippen LogP contribution in [0.15, 0.2) is 5.18 Å². The predicted molar refractivity (Wildman–Crippen MR) is 62.4 cm³/mol. The van der Waals surface area contributed by atoms with Crippen LogP contribution in [0.1, 0.15) is 54.9 Å². The van der Waals surface area contributed by atoms with Gasteiger partial charge in [-0.05, 0) is 17.3 Å². The van der Waals surface area contributed by atoms with Crippen LogP contribution in [0.5, 0.6) is 0 Å². The first kappa shape index (κ1) is 14.3. The van der Waals surface area contributed by atoms with Crippen LogP contribution in [0, 0.1) is 21.2 Å². The molecule has 0 saturated carbocycles. The maximum absolute atomic E-state index is 11.7. The zero-order valence-corrected chi connectivity index (χ0v) is 11.0. The molecule has 0 aromatic heterocycles. The first-order chi connectivity index (χ1) is 6.44. The topological polar surface area (TPSA) is 46.5 Å². The Morgan fingerprint density at radius 2 is 1.40 bits per heavy atom. The van der Waals surface area contributed by atoms with Crippen LogP contribution >= 0.6 is 0 Å². The van der Waals surface area contributed by atoms with Gasteiger partial charge in [0.05, 0.1) is 5.41 Å². The van der Waals surface area contributed by atoms with Crippen molar-refractivity contribution in [1.82, 2.24) is 0 Å². The van der Waals surface area contributed by atoms with E-state index in [1.807, 2.05) is 27.7 Å². The zero-order valence-electron chi connectivity index (χ0n) is 11.0. The predicted octanol–water partition coefficient (Wildman–Crippen LogP) is 3.77. The summed E-state index contributed by atoms with van der Waals surface area (Å²) in [5.74, 6) is -0.537. The van der Waals surface area contributed by atoms with Crippen molar-refractivity contribution >= 4 is 5.91 Å². The van der Waals surface area contributed by atoms with Gasteiger partial charge < -0.3 is 0 Å². The van der Waals surface area contributed by atoms with Gasteiger partial charge >= 0.3 is 0 Å². The van der Waals surface area contributed by atoms with Gasteiger partial charge in [-0.15, -0.1) is 4.91 Å². The zero-order chi connectivity index (χ0) is 12.5. The molecule has 1 amide bonds. The van der Waals surface area contributed by atoms with Crippen molar-refractivity contribution in [2.24, 2.45) is 21.4 Å². The molecule has 1 atom stereocenters. The molecule has 0 aliphatic heterocycles. The lowest BCUT2D eigenvalue weighted by Crippen LogP contribution is -2.42. The maximum atomic E-state index is 11.7. The van der Waals surface area contributed by atoms with E-state index in [1.165, 1.54) is 0 Å². The van der Waals surface area contributed by atoms with Gasteiger partial charge in [-0.1, -0.05) is 48.5 Å². The standard InChI is InChI=1S/C12H23NO2/c1-10(2,3)8-12(7,9(14)13-15)11(4,5)6/h8H2,1-7H3. The van der Waals surface area contributed by atoms with E-state index in [4.69, 9.17) is 0 Å². The molecule has 0 aliphatic carbocycles. The molecule has 0 aromatic carbocycles. The Labute approximate surface area is 92.6 Å². The normalized spacial score (nSPS) is 17.0. The fraction of sp³-hybridized carbons (Fsp3) is 0.917. The summed E-state index contributed by atoms with van der Waals surface area (Å²) < 4.78 is 0. The van der Waals surface area contributed by atoms with Gasteiger partial charge in [-0.2, -0.15) is 0 Å². The summed E-state index contributed by atoms with van der Waals surface area (Å²) in [6.07, 6.45) is 0.661. The van der Waals surface area contributed by atoms with Gasteiger partial charge in [0.2, 0.25) is 0 Å². The number of carbonyl (C=O) groups excluding carboxylic acids is 1. The van der Waals surface area contributed by atoms with E-state index in [1.54, 1.807) is 0 Å². The molecule has 1 unspecified atom stereocenters. The van der Waals surface area contributed by atoms with Crippen LogP contribution in [0.2, 0.25) is 0 Å². The Bertz CT molecular complexity index is 258. The highest BCUT2D eigenvalue weighted by molar-refractivity contribution is 5.83. The molecule has 88 valence electrons. The minimum Gasteiger partial charge on any atom is -0.268 e. The molecule has 0 spiro atoms.